The van der Waals surface area contributed by atoms with Gasteiger partial charge in [0.15, 0.2) is 0 Å². The van der Waals surface area contributed by atoms with Gasteiger partial charge in [0.25, 0.3) is 0 Å². The number of hydrogen-bond acceptors (Lipinski definition) is 4. The van der Waals surface area contributed by atoms with Crippen molar-refractivity contribution < 1.29 is 8.42 Å². The summed E-state index contributed by atoms with van der Waals surface area (Å²) in [4.78, 5) is 0.0457. The Hall–Kier alpha value is -1.27. The van der Waals surface area contributed by atoms with Crippen LogP contribution in [0.3, 0.4) is 0 Å². The summed E-state index contributed by atoms with van der Waals surface area (Å²) >= 11 is 0. The fourth-order valence-electron chi connectivity index (χ4n) is 2.29. The average Bonchev–Trinajstić information content (AvgIpc) is 3.05. The fourth-order valence-corrected chi connectivity index (χ4v) is 2.88. The molecule has 1 aliphatic rings. The number of sulfonamides is 1. The van der Waals surface area contributed by atoms with E-state index in [0.717, 1.165) is 6.54 Å². The summed E-state index contributed by atoms with van der Waals surface area (Å²) in [6.07, 6.45) is 2.42. The summed E-state index contributed by atoms with van der Waals surface area (Å²) in [5.74, 6) is 0.610. The Kier molecular flexibility index (Phi) is 3.49. The molecule has 0 aliphatic heterocycles. The number of nitrogens with two attached hydrogens (primary N) is 2. The molecular weight excluding hydrogens is 262 g/mol. The summed E-state index contributed by atoms with van der Waals surface area (Å²) in [6.45, 7) is 5.26. The summed E-state index contributed by atoms with van der Waals surface area (Å²) in [5, 5.41) is 8.41. The van der Waals surface area contributed by atoms with E-state index in [1.807, 2.05) is 0 Å². The van der Waals surface area contributed by atoms with Gasteiger partial charge >= 0.3 is 0 Å². The van der Waals surface area contributed by atoms with Crippen LogP contribution in [0.25, 0.3) is 0 Å². The highest BCUT2D eigenvalue weighted by Crippen LogP contribution is 2.51. The SMILES string of the molecule is CC(C)C1(CNc2cc(N)cc(S(N)(=O)=O)c2)CC1. The van der Waals surface area contributed by atoms with E-state index in [2.05, 4.69) is 19.2 Å². The lowest BCUT2D eigenvalue weighted by Gasteiger charge is -2.21. The van der Waals surface area contributed by atoms with Gasteiger partial charge in [-0.05, 0) is 42.4 Å². The maximum atomic E-state index is 11.4. The highest BCUT2D eigenvalue weighted by atomic mass is 32.2. The van der Waals surface area contributed by atoms with Crippen LogP contribution in [-0.2, 0) is 10.0 Å². The monoisotopic (exact) mass is 283 g/mol. The third-order valence-electron chi connectivity index (χ3n) is 4.02. The molecule has 5 N–H and O–H groups in total. The number of benzene rings is 1. The average molecular weight is 283 g/mol. The molecule has 5 nitrogen and oxygen atoms in total. The minimum Gasteiger partial charge on any atom is -0.399 e. The van der Waals surface area contributed by atoms with Gasteiger partial charge in [0.1, 0.15) is 0 Å². The topological polar surface area (TPSA) is 98.2 Å². The first kappa shape index (κ1) is 14.1. The van der Waals surface area contributed by atoms with Crippen molar-refractivity contribution in [2.45, 2.75) is 31.6 Å². The van der Waals surface area contributed by atoms with Crippen molar-refractivity contribution in [2.75, 3.05) is 17.6 Å². The van der Waals surface area contributed by atoms with Crippen LogP contribution in [0.1, 0.15) is 26.7 Å². The molecule has 0 saturated heterocycles. The lowest BCUT2D eigenvalue weighted by molar-refractivity contribution is 0.380. The van der Waals surface area contributed by atoms with Gasteiger partial charge in [-0.3, -0.25) is 0 Å². The van der Waals surface area contributed by atoms with Crippen molar-refractivity contribution in [3.8, 4) is 0 Å². The van der Waals surface area contributed by atoms with Crippen molar-refractivity contribution in [1.29, 1.82) is 0 Å². The molecule has 106 valence electrons. The van der Waals surface area contributed by atoms with Crippen LogP contribution < -0.4 is 16.2 Å². The number of nitrogens with one attached hydrogen (secondary N) is 1. The predicted molar refractivity (Wildman–Crippen MR) is 77.2 cm³/mol. The molecule has 0 aromatic heterocycles. The standard InChI is InChI=1S/C13H21N3O2S/c1-9(2)13(3-4-13)8-16-11-5-10(14)6-12(7-11)19(15,17)18/h5-7,9,16H,3-4,8,14H2,1-2H3,(H2,15,17,18). The first-order chi connectivity index (χ1) is 8.73. The van der Waals surface area contributed by atoms with Crippen LogP contribution in [0, 0.1) is 11.3 Å². The van der Waals surface area contributed by atoms with Crippen LogP contribution in [0.5, 0.6) is 0 Å². The molecule has 1 saturated carbocycles. The van der Waals surface area contributed by atoms with E-state index in [9.17, 15) is 8.42 Å². The molecule has 0 unspecified atom stereocenters. The van der Waals surface area contributed by atoms with Crippen molar-refractivity contribution in [3.05, 3.63) is 18.2 Å². The molecule has 0 atom stereocenters. The maximum Gasteiger partial charge on any atom is 0.238 e. The molecule has 0 bridgehead atoms. The van der Waals surface area contributed by atoms with E-state index < -0.39 is 10.0 Å². The highest BCUT2D eigenvalue weighted by molar-refractivity contribution is 7.89. The molecule has 19 heavy (non-hydrogen) atoms. The molecule has 0 radical (unpaired) electrons. The zero-order chi connectivity index (χ0) is 14.3. The van der Waals surface area contributed by atoms with E-state index in [-0.39, 0.29) is 4.90 Å². The first-order valence-electron chi connectivity index (χ1n) is 6.40. The summed E-state index contributed by atoms with van der Waals surface area (Å²) in [7, 11) is -3.72. The lowest BCUT2D eigenvalue weighted by atomic mass is 9.92. The molecule has 6 heteroatoms. The summed E-state index contributed by atoms with van der Waals surface area (Å²) < 4.78 is 22.7. The Morgan fingerprint density at radius 3 is 2.42 bits per heavy atom. The second-order valence-corrected chi connectivity index (χ2v) is 7.27. The van der Waals surface area contributed by atoms with E-state index >= 15 is 0 Å². The van der Waals surface area contributed by atoms with E-state index in [4.69, 9.17) is 10.9 Å². The molecule has 1 aliphatic carbocycles. The Labute approximate surface area is 114 Å². The van der Waals surface area contributed by atoms with Crippen LogP contribution in [-0.4, -0.2) is 15.0 Å². The molecule has 0 heterocycles. The van der Waals surface area contributed by atoms with Crippen LogP contribution in [0.2, 0.25) is 0 Å². The van der Waals surface area contributed by atoms with Crippen molar-refractivity contribution in [3.63, 3.8) is 0 Å². The number of rotatable bonds is 5. The van der Waals surface area contributed by atoms with E-state index in [1.54, 1.807) is 6.07 Å². The number of hydrogen-bond donors (Lipinski definition) is 3. The largest absolute Gasteiger partial charge is 0.399 e. The normalized spacial score (nSPS) is 17.5. The third-order valence-corrected chi connectivity index (χ3v) is 4.91. The van der Waals surface area contributed by atoms with Gasteiger partial charge in [-0.15, -0.1) is 0 Å². The molecule has 2 rings (SSSR count). The highest BCUT2D eigenvalue weighted by Gasteiger charge is 2.44. The molecular formula is C13H21N3O2S. The van der Waals surface area contributed by atoms with Gasteiger partial charge < -0.3 is 11.1 Å². The van der Waals surface area contributed by atoms with Crippen molar-refractivity contribution >= 4 is 21.4 Å². The van der Waals surface area contributed by atoms with Gasteiger partial charge in [-0.25, -0.2) is 13.6 Å². The Balaban J connectivity index is 2.15. The van der Waals surface area contributed by atoms with Crippen molar-refractivity contribution in [1.82, 2.24) is 0 Å². The van der Waals surface area contributed by atoms with Crippen LogP contribution in [0.4, 0.5) is 11.4 Å². The van der Waals surface area contributed by atoms with E-state index in [0.29, 0.717) is 22.7 Å². The second kappa shape index (κ2) is 4.68. The molecule has 1 fully saturated rings. The van der Waals surface area contributed by atoms with Gasteiger partial charge in [0.2, 0.25) is 10.0 Å². The number of anilines is 2. The Bertz CT molecular complexity index is 578. The summed E-state index contributed by atoms with van der Waals surface area (Å²) in [5.41, 5.74) is 7.15. The van der Waals surface area contributed by atoms with Gasteiger partial charge in [0, 0.05) is 17.9 Å². The molecule has 0 spiro atoms. The predicted octanol–water partition coefficient (Wildman–Crippen LogP) is 1.76. The third kappa shape index (κ3) is 3.19. The number of primary sulfonamides is 1. The molecule has 1 aromatic carbocycles. The first-order valence-corrected chi connectivity index (χ1v) is 7.95. The van der Waals surface area contributed by atoms with E-state index in [1.165, 1.54) is 25.0 Å². The molecule has 1 aromatic rings. The summed E-state index contributed by atoms with van der Waals surface area (Å²) in [6, 6.07) is 4.63. The maximum absolute atomic E-state index is 11.4. The van der Waals surface area contributed by atoms with Gasteiger partial charge in [-0.2, -0.15) is 0 Å². The zero-order valence-corrected chi connectivity index (χ0v) is 12.1. The minimum atomic E-state index is -3.72. The fraction of sp³-hybridized carbons (Fsp3) is 0.538. The minimum absolute atomic E-state index is 0.0457. The quantitative estimate of drug-likeness (QED) is 0.717. The zero-order valence-electron chi connectivity index (χ0n) is 11.3. The second-order valence-electron chi connectivity index (χ2n) is 5.71. The lowest BCUT2D eigenvalue weighted by Crippen LogP contribution is -2.21. The molecule has 0 amide bonds. The van der Waals surface area contributed by atoms with Crippen LogP contribution >= 0.6 is 0 Å². The van der Waals surface area contributed by atoms with Gasteiger partial charge in [0.05, 0.1) is 4.90 Å². The Morgan fingerprint density at radius 1 is 1.32 bits per heavy atom. The smallest absolute Gasteiger partial charge is 0.238 e. The van der Waals surface area contributed by atoms with Crippen molar-refractivity contribution in [2.24, 2.45) is 16.5 Å². The Morgan fingerprint density at radius 2 is 1.95 bits per heavy atom. The van der Waals surface area contributed by atoms with Gasteiger partial charge in [-0.1, -0.05) is 13.8 Å². The number of nitrogen functional groups attached to an aromatic ring is 1. The van der Waals surface area contributed by atoms with Crippen LogP contribution in [0.15, 0.2) is 23.1 Å².